The summed E-state index contributed by atoms with van der Waals surface area (Å²) in [6, 6.07) is 2.84. The van der Waals surface area contributed by atoms with Crippen LogP contribution < -0.4 is 5.73 Å². The minimum absolute atomic E-state index is 0.190. The smallest absolute Gasteiger partial charge is 0.252 e. The van der Waals surface area contributed by atoms with E-state index in [9.17, 15) is 8.42 Å². The molecule has 0 aromatic carbocycles. The minimum atomic E-state index is -3.63. The number of hydrogen-bond donors (Lipinski definition) is 1. The molecule has 21 heavy (non-hydrogen) atoms. The number of thiocarbonyl (C=S) groups is 1. The van der Waals surface area contributed by atoms with Gasteiger partial charge < -0.3 is 15.2 Å². The summed E-state index contributed by atoms with van der Waals surface area (Å²) in [7, 11) is -0.566. The van der Waals surface area contributed by atoms with Crippen LogP contribution in [0.15, 0.2) is 16.3 Å². The van der Waals surface area contributed by atoms with Crippen molar-refractivity contribution in [2.75, 3.05) is 34.0 Å². The maximum atomic E-state index is 12.7. The highest BCUT2D eigenvalue weighted by atomic mass is 32.2. The average molecular weight is 353 g/mol. The van der Waals surface area contributed by atoms with E-state index >= 15 is 0 Å². The van der Waals surface area contributed by atoms with Crippen LogP contribution in [0.3, 0.4) is 0 Å². The van der Waals surface area contributed by atoms with E-state index in [1.165, 1.54) is 24.6 Å². The highest BCUT2D eigenvalue weighted by molar-refractivity contribution is 7.91. The van der Waals surface area contributed by atoms with Gasteiger partial charge in [-0.05, 0) is 19.1 Å². The summed E-state index contributed by atoms with van der Waals surface area (Å²) in [5, 5.41) is 0. The van der Waals surface area contributed by atoms with Crippen molar-refractivity contribution in [2.24, 2.45) is 5.73 Å². The van der Waals surface area contributed by atoms with Gasteiger partial charge in [0.2, 0.25) is 0 Å². The first-order chi connectivity index (χ1) is 9.84. The molecular weight excluding hydrogens is 332 g/mol. The summed E-state index contributed by atoms with van der Waals surface area (Å²) in [5.74, 6) is 0. The van der Waals surface area contributed by atoms with Crippen LogP contribution in [0, 0.1) is 0 Å². The topological polar surface area (TPSA) is 81.9 Å². The zero-order chi connectivity index (χ0) is 16.0. The number of hydrogen-bond acceptors (Lipinski definition) is 6. The van der Waals surface area contributed by atoms with Crippen LogP contribution in [0.1, 0.15) is 11.8 Å². The Morgan fingerprint density at radius 3 is 2.57 bits per heavy atom. The van der Waals surface area contributed by atoms with Gasteiger partial charge in [-0.25, -0.2) is 8.42 Å². The zero-order valence-electron chi connectivity index (χ0n) is 12.2. The third-order valence-corrected chi connectivity index (χ3v) is 6.75. The molecule has 0 bridgehead atoms. The van der Waals surface area contributed by atoms with Crippen molar-refractivity contribution in [3.63, 3.8) is 0 Å². The molecule has 0 saturated carbocycles. The molecule has 1 atom stereocenters. The molecule has 1 aromatic heterocycles. The summed E-state index contributed by atoms with van der Waals surface area (Å²) in [4.78, 5) is 0.768. The Kier molecular flexibility index (Phi) is 7.17. The molecule has 9 heteroatoms. The SMILES string of the molecule is COCCN(C(C)COC)S(=O)(=O)c1ccc(C(N)=S)s1. The molecule has 0 aliphatic rings. The standard InChI is InChI=1S/C12H20N2O4S3/c1-9(8-18-3)14(6-7-17-2)21(15,16)11-5-4-10(20-11)12(13)19/h4-5,9H,6-8H2,1-3H3,(H2,13,19). The summed E-state index contributed by atoms with van der Waals surface area (Å²) in [6.07, 6.45) is 0. The number of nitrogens with zero attached hydrogens (tertiary/aromatic N) is 1. The highest BCUT2D eigenvalue weighted by Crippen LogP contribution is 2.26. The van der Waals surface area contributed by atoms with Crippen molar-refractivity contribution in [1.29, 1.82) is 0 Å². The van der Waals surface area contributed by atoms with Crippen LogP contribution in [0.5, 0.6) is 0 Å². The monoisotopic (exact) mass is 352 g/mol. The predicted molar refractivity (Wildman–Crippen MR) is 87.3 cm³/mol. The van der Waals surface area contributed by atoms with Gasteiger partial charge in [-0.2, -0.15) is 4.31 Å². The average Bonchev–Trinajstić information content (AvgIpc) is 2.89. The normalized spacial score (nSPS) is 13.5. The Morgan fingerprint density at radius 1 is 1.43 bits per heavy atom. The second-order valence-corrected chi connectivity index (χ2v) is 8.04. The fourth-order valence-electron chi connectivity index (χ4n) is 1.79. The molecule has 1 unspecified atom stereocenters. The van der Waals surface area contributed by atoms with Gasteiger partial charge in [0.05, 0.1) is 18.1 Å². The molecule has 1 aromatic rings. The molecule has 6 nitrogen and oxygen atoms in total. The van der Waals surface area contributed by atoms with Crippen molar-refractivity contribution in [1.82, 2.24) is 4.31 Å². The largest absolute Gasteiger partial charge is 0.389 e. The van der Waals surface area contributed by atoms with Crippen molar-refractivity contribution in [3.8, 4) is 0 Å². The Morgan fingerprint density at radius 2 is 2.10 bits per heavy atom. The van der Waals surface area contributed by atoms with Gasteiger partial charge in [-0.1, -0.05) is 12.2 Å². The lowest BCUT2D eigenvalue weighted by molar-refractivity contribution is 0.119. The second kappa shape index (κ2) is 8.16. The van der Waals surface area contributed by atoms with Gasteiger partial charge in [0, 0.05) is 26.8 Å². The first kappa shape index (κ1) is 18.5. The lowest BCUT2D eigenvalue weighted by Crippen LogP contribution is -2.42. The van der Waals surface area contributed by atoms with Gasteiger partial charge in [0.1, 0.15) is 9.20 Å². The van der Waals surface area contributed by atoms with Crippen molar-refractivity contribution in [3.05, 3.63) is 17.0 Å². The molecule has 0 aliphatic heterocycles. The molecule has 1 rings (SSSR count). The number of ether oxygens (including phenoxy) is 2. The Labute approximate surface area is 134 Å². The van der Waals surface area contributed by atoms with Crippen LogP contribution in [0.4, 0.5) is 0 Å². The van der Waals surface area contributed by atoms with Crippen LogP contribution in [0.2, 0.25) is 0 Å². The van der Waals surface area contributed by atoms with Gasteiger partial charge in [-0.3, -0.25) is 0 Å². The molecule has 0 aliphatic carbocycles. The van der Waals surface area contributed by atoms with E-state index in [1.807, 2.05) is 0 Å². The number of nitrogens with two attached hydrogens (primary N) is 1. The van der Waals surface area contributed by atoms with Crippen LogP contribution in [-0.2, 0) is 19.5 Å². The van der Waals surface area contributed by atoms with Crippen molar-refractivity contribution < 1.29 is 17.9 Å². The fourth-order valence-corrected chi connectivity index (χ4v) is 4.87. The highest BCUT2D eigenvalue weighted by Gasteiger charge is 2.30. The van der Waals surface area contributed by atoms with Gasteiger partial charge in [0.25, 0.3) is 10.0 Å². The minimum Gasteiger partial charge on any atom is -0.389 e. The Balaban J connectivity index is 3.09. The zero-order valence-corrected chi connectivity index (χ0v) is 14.7. The van der Waals surface area contributed by atoms with Gasteiger partial charge >= 0.3 is 0 Å². The Bertz CT molecular complexity index is 571. The van der Waals surface area contributed by atoms with Crippen LogP contribution >= 0.6 is 23.6 Å². The maximum absolute atomic E-state index is 12.7. The van der Waals surface area contributed by atoms with E-state index in [0.29, 0.717) is 18.1 Å². The third kappa shape index (κ3) is 4.70. The van der Waals surface area contributed by atoms with E-state index in [0.717, 1.165) is 11.3 Å². The summed E-state index contributed by atoms with van der Waals surface area (Å²) < 4.78 is 37.1. The van der Waals surface area contributed by atoms with E-state index in [-0.39, 0.29) is 21.8 Å². The molecule has 1 heterocycles. The van der Waals surface area contributed by atoms with E-state index in [4.69, 9.17) is 27.4 Å². The molecule has 0 saturated heterocycles. The number of rotatable bonds is 9. The predicted octanol–water partition coefficient (Wildman–Crippen LogP) is 1.05. The van der Waals surface area contributed by atoms with Crippen LogP contribution in [-0.4, -0.2) is 57.7 Å². The molecule has 0 radical (unpaired) electrons. The number of sulfonamides is 1. The summed E-state index contributed by atoms with van der Waals surface area (Å²) >= 11 is 5.93. The molecule has 0 spiro atoms. The van der Waals surface area contributed by atoms with E-state index in [1.54, 1.807) is 13.0 Å². The number of methoxy groups -OCH3 is 2. The molecule has 120 valence electrons. The van der Waals surface area contributed by atoms with Crippen molar-refractivity contribution in [2.45, 2.75) is 17.2 Å². The van der Waals surface area contributed by atoms with E-state index in [2.05, 4.69) is 0 Å². The van der Waals surface area contributed by atoms with Crippen molar-refractivity contribution >= 4 is 38.6 Å². The quantitative estimate of drug-likeness (QED) is 0.669. The van der Waals surface area contributed by atoms with Crippen LogP contribution in [0.25, 0.3) is 0 Å². The molecule has 2 N–H and O–H groups in total. The first-order valence-corrected chi connectivity index (χ1v) is 8.90. The summed E-state index contributed by atoms with van der Waals surface area (Å²) in [6.45, 7) is 2.65. The lowest BCUT2D eigenvalue weighted by atomic mass is 10.3. The second-order valence-electron chi connectivity index (χ2n) is 4.40. The Hall–Kier alpha value is -0.580. The van der Waals surface area contributed by atoms with Gasteiger partial charge in [0.15, 0.2) is 0 Å². The molecule has 0 fully saturated rings. The van der Waals surface area contributed by atoms with E-state index < -0.39 is 10.0 Å². The summed E-state index contributed by atoms with van der Waals surface area (Å²) in [5.41, 5.74) is 5.53. The molecular formula is C12H20N2O4S3. The lowest BCUT2D eigenvalue weighted by Gasteiger charge is -2.27. The maximum Gasteiger partial charge on any atom is 0.252 e. The molecule has 0 amide bonds. The number of thiophene rings is 1. The fraction of sp³-hybridized carbons (Fsp3) is 0.583. The third-order valence-electron chi connectivity index (χ3n) is 2.80. The first-order valence-electron chi connectivity index (χ1n) is 6.24. The van der Waals surface area contributed by atoms with Gasteiger partial charge in [-0.15, -0.1) is 11.3 Å².